The van der Waals surface area contributed by atoms with Crippen LogP contribution in [0.2, 0.25) is 5.28 Å². The Morgan fingerprint density at radius 2 is 1.88 bits per heavy atom. The number of nitrogens with two attached hydrogens (primary N) is 1. The van der Waals surface area contributed by atoms with E-state index in [0.717, 1.165) is 11.1 Å². The highest BCUT2D eigenvalue weighted by Gasteiger charge is 2.79. The van der Waals surface area contributed by atoms with E-state index in [1.54, 1.807) is 5.38 Å². The van der Waals surface area contributed by atoms with E-state index in [9.17, 15) is 20.1 Å². The second-order valence-electron chi connectivity index (χ2n) is 10.3. The molecule has 0 bridgehead atoms. The molecule has 2 aliphatic rings. The minimum Gasteiger partial charge on any atom is -0.479 e. The molecule has 0 spiro atoms. The Labute approximate surface area is 247 Å². The van der Waals surface area contributed by atoms with Crippen LogP contribution in [0, 0.1) is 0 Å². The molecule has 4 heterocycles. The third kappa shape index (κ3) is 4.08. The first-order chi connectivity index (χ1) is 20.2. The smallest absolute Gasteiger partial charge is 0.342 e. The number of nitrogens with zero attached hydrogens (tertiary/aromatic N) is 5. The van der Waals surface area contributed by atoms with Gasteiger partial charge in [0.2, 0.25) is 10.9 Å². The second-order valence-corrected chi connectivity index (χ2v) is 11.3. The summed E-state index contributed by atoms with van der Waals surface area (Å²) in [6.07, 6.45) is -3.57. The van der Waals surface area contributed by atoms with Crippen LogP contribution in [0.15, 0.2) is 71.8 Å². The second kappa shape index (κ2) is 9.80. The Hall–Kier alpha value is -3.98. The average molecular weight is 607 g/mol. The normalized spacial score (nSPS) is 26.2. The van der Waals surface area contributed by atoms with Crippen molar-refractivity contribution in [3.63, 3.8) is 0 Å². The van der Waals surface area contributed by atoms with Crippen LogP contribution < -0.4 is 5.73 Å². The van der Waals surface area contributed by atoms with E-state index in [0.29, 0.717) is 5.56 Å². The van der Waals surface area contributed by atoms with Gasteiger partial charge in [0.05, 0.1) is 17.5 Å². The van der Waals surface area contributed by atoms with Crippen LogP contribution in [0.4, 0.5) is 5.82 Å². The van der Waals surface area contributed by atoms with Crippen LogP contribution in [-0.4, -0.2) is 69.7 Å². The molecule has 7 rings (SSSR count). The topological polar surface area (TPSA) is 179 Å². The van der Waals surface area contributed by atoms with Gasteiger partial charge in [-0.2, -0.15) is 9.97 Å². The zero-order chi connectivity index (χ0) is 29.2. The number of nitrogen functional groups attached to an aromatic ring is 1. The molecule has 1 saturated carbocycles. The number of aliphatic carboxylic acids is 1. The van der Waals surface area contributed by atoms with Crippen molar-refractivity contribution < 1.29 is 29.6 Å². The maximum atomic E-state index is 12.9. The summed E-state index contributed by atoms with van der Waals surface area (Å²) in [5.74, 6) is -1.24. The van der Waals surface area contributed by atoms with E-state index >= 15 is 0 Å². The van der Waals surface area contributed by atoms with Crippen molar-refractivity contribution in [2.75, 3.05) is 5.73 Å². The summed E-state index contributed by atoms with van der Waals surface area (Å²) in [4.78, 5) is 29.4. The number of hydrogen-bond donors (Lipinski definition) is 4. The van der Waals surface area contributed by atoms with Gasteiger partial charge in [0.1, 0.15) is 23.8 Å². The fourth-order valence-electron chi connectivity index (χ4n) is 5.56. The summed E-state index contributed by atoms with van der Waals surface area (Å²) >= 11 is 7.19. The maximum absolute atomic E-state index is 12.9. The molecular formula is C28H23ClN6O6S. The first-order valence-corrected chi connectivity index (χ1v) is 14.2. The van der Waals surface area contributed by atoms with Gasteiger partial charge in [-0.05, 0) is 28.3 Å². The molecule has 14 heteroatoms. The van der Waals surface area contributed by atoms with Gasteiger partial charge in [-0.15, -0.1) is 11.3 Å². The number of imidazole rings is 1. The third-order valence-electron chi connectivity index (χ3n) is 7.84. The number of carboxylic acid groups (broad SMARTS) is 1. The van der Waals surface area contributed by atoms with Gasteiger partial charge < -0.3 is 30.5 Å². The molecule has 3 aromatic heterocycles. The minimum absolute atomic E-state index is 0.0487. The fourth-order valence-corrected chi connectivity index (χ4v) is 6.35. The number of aliphatic hydroxyl groups is 2. The minimum atomic E-state index is -1.96. The number of carboxylic acids is 1. The first-order valence-electron chi connectivity index (χ1n) is 12.9. The van der Waals surface area contributed by atoms with Crippen molar-refractivity contribution in [1.29, 1.82) is 0 Å². The predicted molar refractivity (Wildman–Crippen MR) is 151 cm³/mol. The number of aliphatic hydroxyl groups excluding tert-OH is 1. The molecule has 2 unspecified atom stereocenters. The van der Waals surface area contributed by atoms with E-state index in [1.165, 1.54) is 27.7 Å². The Kier molecular flexibility index (Phi) is 6.27. The van der Waals surface area contributed by atoms with Gasteiger partial charge in [0.15, 0.2) is 23.3 Å². The summed E-state index contributed by atoms with van der Waals surface area (Å²) in [6, 6.07) is 17.3. The summed E-state index contributed by atoms with van der Waals surface area (Å²) in [6.45, 7) is 0. The number of fused-ring (bicyclic) bond motifs is 2. The highest BCUT2D eigenvalue weighted by molar-refractivity contribution is 7.07. The molecule has 42 heavy (non-hydrogen) atoms. The summed E-state index contributed by atoms with van der Waals surface area (Å²) in [7, 11) is 0. The van der Waals surface area contributed by atoms with Crippen molar-refractivity contribution in [1.82, 2.24) is 24.5 Å². The van der Waals surface area contributed by atoms with Crippen molar-refractivity contribution in [3.05, 3.63) is 88.4 Å². The maximum Gasteiger partial charge on any atom is 0.342 e. The molecule has 12 nitrogen and oxygen atoms in total. The molecule has 5 N–H and O–H groups in total. The SMILES string of the molecule is Nc1nc(Cl)nc2c1ncn2[C@@H]1O[C@@H]2C(OC(Cc3ccc(-c4ccccc4)cc3)(C(=O)O)c3cscn3)[C@]2(O)[C@H]1O. The zero-order valence-electron chi connectivity index (χ0n) is 21.6. The number of anilines is 1. The molecule has 1 saturated heterocycles. The predicted octanol–water partition coefficient (Wildman–Crippen LogP) is 2.80. The van der Waals surface area contributed by atoms with E-state index in [2.05, 4.69) is 19.9 Å². The molecular weight excluding hydrogens is 584 g/mol. The molecule has 2 aromatic carbocycles. The van der Waals surface area contributed by atoms with Gasteiger partial charge in [-0.3, -0.25) is 4.57 Å². The first kappa shape index (κ1) is 26.9. The number of rotatable bonds is 8. The van der Waals surface area contributed by atoms with Crippen LogP contribution in [0.1, 0.15) is 17.5 Å². The number of aromatic nitrogens is 5. The summed E-state index contributed by atoms with van der Waals surface area (Å²) < 4.78 is 13.6. The average Bonchev–Trinajstić information content (AvgIpc) is 3.48. The molecule has 214 valence electrons. The molecule has 0 radical (unpaired) electrons. The van der Waals surface area contributed by atoms with Crippen molar-refractivity contribution in [2.45, 2.75) is 42.2 Å². The largest absolute Gasteiger partial charge is 0.479 e. The van der Waals surface area contributed by atoms with Gasteiger partial charge in [0.25, 0.3) is 0 Å². The van der Waals surface area contributed by atoms with Gasteiger partial charge in [0, 0.05) is 11.8 Å². The Bertz CT molecular complexity index is 1790. The summed E-state index contributed by atoms with van der Waals surface area (Å²) in [5.41, 5.74) is 6.86. The molecule has 6 atom stereocenters. The number of halogens is 1. The zero-order valence-corrected chi connectivity index (χ0v) is 23.2. The highest BCUT2D eigenvalue weighted by atomic mass is 35.5. The van der Waals surface area contributed by atoms with Crippen LogP contribution in [0.3, 0.4) is 0 Å². The van der Waals surface area contributed by atoms with Crippen LogP contribution in [-0.2, 0) is 26.3 Å². The Balaban J connectivity index is 1.17. The van der Waals surface area contributed by atoms with Gasteiger partial charge >= 0.3 is 5.97 Å². The van der Waals surface area contributed by atoms with Crippen LogP contribution in [0.5, 0.6) is 0 Å². The number of thiazole rings is 1. The van der Waals surface area contributed by atoms with Crippen molar-refractivity contribution in [3.8, 4) is 11.1 Å². The van der Waals surface area contributed by atoms with Crippen molar-refractivity contribution in [2.24, 2.45) is 0 Å². The van der Waals surface area contributed by atoms with E-state index < -0.39 is 41.7 Å². The molecule has 5 aromatic rings. The van der Waals surface area contributed by atoms with Crippen LogP contribution >= 0.6 is 22.9 Å². The molecule has 2 fully saturated rings. The molecule has 1 aliphatic carbocycles. The highest BCUT2D eigenvalue weighted by Crippen LogP contribution is 2.57. The lowest BCUT2D eigenvalue weighted by molar-refractivity contribution is -0.186. The van der Waals surface area contributed by atoms with E-state index in [4.69, 9.17) is 26.8 Å². The number of hydrogen-bond acceptors (Lipinski definition) is 11. The lowest BCUT2D eigenvalue weighted by atomic mass is 9.90. The lowest BCUT2D eigenvalue weighted by Crippen LogP contribution is -2.46. The number of ether oxygens (including phenoxy) is 2. The van der Waals surface area contributed by atoms with Gasteiger partial charge in [-0.25, -0.2) is 14.8 Å². The number of benzene rings is 2. The quantitative estimate of drug-likeness (QED) is 0.191. The standard InChI is InChI=1S/C28H23ClN6O6S/c29-26-33-22(30)18-23(34-26)35(12-31-18)24-19(36)28(39)20(40-24)21(28)41-27(25(37)38,17-11-42-13-32-17)10-14-6-8-16(9-7-14)15-4-2-1-3-5-15/h1-9,11-13,19-21,24,36,39H,10H2,(H,37,38)(H2,30,33,34)/t19-,20+,21?,24+,27?,28-/m0/s1. The summed E-state index contributed by atoms with van der Waals surface area (Å²) in [5, 5.41) is 34.7. The Morgan fingerprint density at radius 3 is 2.52 bits per heavy atom. The van der Waals surface area contributed by atoms with Gasteiger partial charge in [-0.1, -0.05) is 54.6 Å². The third-order valence-corrected chi connectivity index (χ3v) is 8.59. The number of carbonyl (C=O) groups is 1. The van der Waals surface area contributed by atoms with E-state index in [-0.39, 0.29) is 34.4 Å². The molecule has 0 amide bonds. The van der Waals surface area contributed by atoms with E-state index in [1.807, 2.05) is 54.6 Å². The molecule has 1 aliphatic heterocycles. The monoisotopic (exact) mass is 606 g/mol. The Morgan fingerprint density at radius 1 is 1.14 bits per heavy atom. The lowest BCUT2D eigenvalue weighted by Gasteiger charge is -2.31. The van der Waals surface area contributed by atoms with Crippen LogP contribution in [0.25, 0.3) is 22.3 Å². The fraction of sp³-hybridized carbons (Fsp3) is 0.250. The van der Waals surface area contributed by atoms with Crippen molar-refractivity contribution >= 4 is 45.9 Å².